The summed E-state index contributed by atoms with van der Waals surface area (Å²) in [5, 5.41) is 3.26. The van der Waals surface area contributed by atoms with Gasteiger partial charge >= 0.3 is 5.97 Å². The van der Waals surface area contributed by atoms with E-state index in [9.17, 15) is 4.79 Å². The first-order chi connectivity index (χ1) is 7.31. The molecule has 0 amide bonds. The maximum absolute atomic E-state index is 11.2. The highest BCUT2D eigenvalue weighted by Crippen LogP contribution is 2.29. The topological polar surface area (TPSA) is 38.3 Å². The van der Waals surface area contributed by atoms with Crippen molar-refractivity contribution in [1.29, 1.82) is 0 Å². The molecule has 0 saturated heterocycles. The molecule has 0 radical (unpaired) electrons. The third-order valence-electron chi connectivity index (χ3n) is 2.48. The van der Waals surface area contributed by atoms with Crippen LogP contribution in [-0.4, -0.2) is 19.6 Å². The Bertz CT molecular complexity index is 410. The second-order valence-corrected chi connectivity index (χ2v) is 3.41. The highest BCUT2D eigenvalue weighted by atomic mass is 16.5. The minimum Gasteiger partial charge on any atom is -0.469 e. The van der Waals surface area contributed by atoms with Gasteiger partial charge < -0.3 is 10.1 Å². The van der Waals surface area contributed by atoms with Gasteiger partial charge in [0.1, 0.15) is 0 Å². The van der Waals surface area contributed by atoms with Crippen LogP contribution in [-0.2, 0) is 9.53 Å². The summed E-state index contributed by atoms with van der Waals surface area (Å²) >= 11 is 0. The van der Waals surface area contributed by atoms with Crippen LogP contribution in [0.1, 0.15) is 12.0 Å². The van der Waals surface area contributed by atoms with E-state index in [1.54, 1.807) is 0 Å². The SMILES string of the molecule is COC(=O)CC1=CCNc2ccccc21. The molecule has 0 unspecified atom stereocenters. The zero-order valence-corrected chi connectivity index (χ0v) is 8.62. The van der Waals surface area contributed by atoms with Crippen molar-refractivity contribution in [3.63, 3.8) is 0 Å². The van der Waals surface area contributed by atoms with E-state index < -0.39 is 0 Å². The Morgan fingerprint density at radius 1 is 1.47 bits per heavy atom. The fourth-order valence-electron chi connectivity index (χ4n) is 1.71. The number of anilines is 1. The van der Waals surface area contributed by atoms with E-state index in [1.807, 2.05) is 30.3 Å². The Morgan fingerprint density at radius 2 is 2.27 bits per heavy atom. The number of carbonyl (C=O) groups excluding carboxylic acids is 1. The van der Waals surface area contributed by atoms with E-state index in [0.717, 1.165) is 23.4 Å². The number of hydrogen-bond acceptors (Lipinski definition) is 3. The van der Waals surface area contributed by atoms with Gasteiger partial charge in [-0.05, 0) is 11.6 Å². The third kappa shape index (κ3) is 2.01. The molecule has 1 aliphatic heterocycles. The van der Waals surface area contributed by atoms with E-state index in [4.69, 9.17) is 0 Å². The van der Waals surface area contributed by atoms with Crippen molar-refractivity contribution in [2.45, 2.75) is 6.42 Å². The number of methoxy groups -OCH3 is 1. The summed E-state index contributed by atoms with van der Waals surface area (Å²) in [4.78, 5) is 11.2. The lowest BCUT2D eigenvalue weighted by molar-refractivity contribution is -0.139. The molecule has 1 N–H and O–H groups in total. The van der Waals surface area contributed by atoms with E-state index >= 15 is 0 Å². The van der Waals surface area contributed by atoms with E-state index in [0.29, 0.717) is 6.42 Å². The van der Waals surface area contributed by atoms with Gasteiger partial charge in [-0.1, -0.05) is 24.3 Å². The smallest absolute Gasteiger partial charge is 0.309 e. The van der Waals surface area contributed by atoms with Crippen LogP contribution in [0, 0.1) is 0 Å². The molecule has 0 aromatic heterocycles. The Kier molecular flexibility index (Phi) is 2.72. The van der Waals surface area contributed by atoms with Crippen LogP contribution in [0.15, 0.2) is 30.3 Å². The lowest BCUT2D eigenvalue weighted by Crippen LogP contribution is -2.10. The molecule has 0 saturated carbocycles. The molecule has 78 valence electrons. The van der Waals surface area contributed by atoms with Crippen LogP contribution in [0.3, 0.4) is 0 Å². The molecule has 0 spiro atoms. The molecule has 0 aliphatic carbocycles. The quantitative estimate of drug-likeness (QED) is 0.748. The number of carbonyl (C=O) groups is 1. The van der Waals surface area contributed by atoms with Crippen LogP contribution in [0.2, 0.25) is 0 Å². The molecule has 2 rings (SSSR count). The van der Waals surface area contributed by atoms with Gasteiger partial charge in [0.15, 0.2) is 0 Å². The first-order valence-electron chi connectivity index (χ1n) is 4.90. The van der Waals surface area contributed by atoms with Gasteiger partial charge in [0.05, 0.1) is 13.5 Å². The third-order valence-corrected chi connectivity index (χ3v) is 2.48. The summed E-state index contributed by atoms with van der Waals surface area (Å²) in [5.41, 5.74) is 3.21. The van der Waals surface area contributed by atoms with E-state index in [1.165, 1.54) is 7.11 Å². The Hall–Kier alpha value is -1.77. The van der Waals surface area contributed by atoms with Crippen LogP contribution >= 0.6 is 0 Å². The largest absolute Gasteiger partial charge is 0.469 e. The summed E-state index contributed by atoms with van der Waals surface area (Å²) in [7, 11) is 1.41. The van der Waals surface area contributed by atoms with Gasteiger partial charge in [-0.15, -0.1) is 0 Å². The Labute approximate surface area is 88.8 Å². The number of nitrogens with one attached hydrogen (secondary N) is 1. The number of benzene rings is 1. The summed E-state index contributed by atoms with van der Waals surface area (Å²) < 4.78 is 4.67. The lowest BCUT2D eigenvalue weighted by atomic mass is 9.98. The molecule has 0 fully saturated rings. The fraction of sp³-hybridized carbons (Fsp3) is 0.250. The van der Waals surface area contributed by atoms with Crippen molar-refractivity contribution in [2.75, 3.05) is 19.0 Å². The zero-order valence-electron chi connectivity index (χ0n) is 8.62. The second-order valence-electron chi connectivity index (χ2n) is 3.41. The van der Waals surface area contributed by atoms with Crippen molar-refractivity contribution < 1.29 is 9.53 Å². The van der Waals surface area contributed by atoms with Gasteiger partial charge in [-0.2, -0.15) is 0 Å². The standard InChI is InChI=1S/C12H13NO2/c1-15-12(14)8-9-6-7-13-11-5-3-2-4-10(9)11/h2-6,13H,7-8H2,1H3. The monoisotopic (exact) mass is 203 g/mol. The van der Waals surface area contributed by atoms with Gasteiger partial charge in [0, 0.05) is 17.8 Å². The minimum absolute atomic E-state index is 0.196. The molecular weight excluding hydrogens is 190 g/mol. The number of ether oxygens (including phenoxy) is 1. The van der Waals surface area contributed by atoms with Gasteiger partial charge in [-0.25, -0.2) is 0 Å². The first-order valence-corrected chi connectivity index (χ1v) is 4.90. The average Bonchev–Trinajstić information content (AvgIpc) is 2.29. The summed E-state index contributed by atoms with van der Waals surface area (Å²) in [6, 6.07) is 7.97. The molecule has 1 aromatic carbocycles. The molecule has 3 heteroatoms. The number of fused-ring (bicyclic) bond motifs is 1. The van der Waals surface area contributed by atoms with Crippen molar-refractivity contribution in [2.24, 2.45) is 0 Å². The summed E-state index contributed by atoms with van der Waals surface area (Å²) in [5.74, 6) is -0.196. The van der Waals surface area contributed by atoms with Crippen LogP contribution in [0.25, 0.3) is 5.57 Å². The molecule has 1 heterocycles. The predicted octanol–water partition coefficient (Wildman–Crippen LogP) is 2.06. The number of hydrogen-bond donors (Lipinski definition) is 1. The van der Waals surface area contributed by atoms with E-state index in [2.05, 4.69) is 10.1 Å². The van der Waals surface area contributed by atoms with Crippen LogP contribution < -0.4 is 5.32 Å². The van der Waals surface area contributed by atoms with Crippen LogP contribution in [0.4, 0.5) is 5.69 Å². The Morgan fingerprint density at radius 3 is 3.07 bits per heavy atom. The van der Waals surface area contributed by atoms with E-state index in [-0.39, 0.29) is 5.97 Å². The summed E-state index contributed by atoms with van der Waals surface area (Å²) in [6.07, 6.45) is 2.37. The molecular formula is C12H13NO2. The lowest BCUT2D eigenvalue weighted by Gasteiger charge is -2.18. The normalized spacial score (nSPS) is 13.5. The van der Waals surface area contributed by atoms with Crippen molar-refractivity contribution in [3.05, 3.63) is 35.9 Å². The van der Waals surface area contributed by atoms with Crippen LogP contribution in [0.5, 0.6) is 0 Å². The summed E-state index contributed by atoms with van der Waals surface area (Å²) in [6.45, 7) is 0.767. The minimum atomic E-state index is -0.196. The van der Waals surface area contributed by atoms with Gasteiger partial charge in [-0.3, -0.25) is 4.79 Å². The van der Waals surface area contributed by atoms with Crippen molar-refractivity contribution >= 4 is 17.2 Å². The maximum atomic E-state index is 11.2. The molecule has 1 aromatic rings. The number of esters is 1. The van der Waals surface area contributed by atoms with Gasteiger partial charge in [0.2, 0.25) is 0 Å². The molecule has 0 atom stereocenters. The predicted molar refractivity (Wildman–Crippen MR) is 59.5 cm³/mol. The molecule has 1 aliphatic rings. The highest BCUT2D eigenvalue weighted by Gasteiger charge is 2.14. The zero-order chi connectivity index (χ0) is 10.7. The van der Waals surface area contributed by atoms with Gasteiger partial charge in [0.25, 0.3) is 0 Å². The molecule has 15 heavy (non-hydrogen) atoms. The Balaban J connectivity index is 2.26. The number of rotatable bonds is 2. The molecule has 3 nitrogen and oxygen atoms in total. The first kappa shape index (κ1) is 9.77. The number of para-hydroxylation sites is 1. The van der Waals surface area contributed by atoms with Crippen molar-refractivity contribution in [1.82, 2.24) is 0 Å². The second kappa shape index (κ2) is 4.17. The molecule has 0 bridgehead atoms. The highest BCUT2D eigenvalue weighted by molar-refractivity contribution is 5.89. The maximum Gasteiger partial charge on any atom is 0.309 e. The fourth-order valence-corrected chi connectivity index (χ4v) is 1.71. The average molecular weight is 203 g/mol. The van der Waals surface area contributed by atoms with Crippen molar-refractivity contribution in [3.8, 4) is 0 Å².